The number of nitrogens with one attached hydrogen (secondary N) is 3. The van der Waals surface area contributed by atoms with Crippen LogP contribution < -0.4 is 16.1 Å². The highest BCUT2D eigenvalue weighted by Gasteiger charge is 2.42. The highest BCUT2D eigenvalue weighted by Crippen LogP contribution is 2.28. The number of hydroxylamine groups is 1. The van der Waals surface area contributed by atoms with Gasteiger partial charge < -0.3 is 10.6 Å². The Balaban J connectivity index is 1.89. The summed E-state index contributed by atoms with van der Waals surface area (Å²) in [6.07, 6.45) is 0.101. The van der Waals surface area contributed by atoms with Gasteiger partial charge >= 0.3 is 0 Å². The Morgan fingerprint density at radius 2 is 1.43 bits per heavy atom. The zero-order valence-corrected chi connectivity index (χ0v) is 24.0. The molecular weight excluding hydrogens is 568 g/mol. The van der Waals surface area contributed by atoms with Gasteiger partial charge in [0.05, 0.1) is 28.7 Å². The van der Waals surface area contributed by atoms with Crippen molar-refractivity contribution in [2.45, 2.75) is 32.7 Å². The molecule has 3 rings (SSSR count). The maximum atomic E-state index is 13.8. The number of amides is 5. The molecule has 14 heteroatoms. The lowest BCUT2D eigenvalue weighted by Gasteiger charge is -2.30. The van der Waals surface area contributed by atoms with Crippen molar-refractivity contribution in [2.24, 2.45) is 17.8 Å². The Hall–Kier alpha value is -4.14. The zero-order valence-electron chi connectivity index (χ0n) is 23.1. The van der Waals surface area contributed by atoms with E-state index in [0.29, 0.717) is 5.56 Å². The fraction of sp³-hybridized carbons (Fsp3) is 0.393. The van der Waals surface area contributed by atoms with Gasteiger partial charge in [-0.15, -0.1) is 0 Å². The maximum Gasteiger partial charge on any atom is 0.266 e. The summed E-state index contributed by atoms with van der Waals surface area (Å²) in [5, 5.41) is 14.5. The van der Waals surface area contributed by atoms with Gasteiger partial charge in [-0.2, -0.15) is 8.42 Å². The predicted molar refractivity (Wildman–Crippen MR) is 150 cm³/mol. The first-order chi connectivity index (χ1) is 19.8. The standard InChI is InChI=1S/C28H34N4O9S/c1-17(2)14-21(22(25(34)31-38)16-32-27(36)19-10-6-7-11-20(19)28(32)37)24(33)30-23(15-18-8-4-3-5-9-18)26(35)29-12-13-42(39,40)41/h3-11,17,21-23,38H,12-16H2,1-2H3,(H,29,35)(H,30,33)(H,31,34)(H,39,40,41)/t21-,22?,23-/m1/s1. The minimum atomic E-state index is -4.35. The third kappa shape index (κ3) is 8.44. The van der Waals surface area contributed by atoms with Crippen molar-refractivity contribution in [3.63, 3.8) is 0 Å². The van der Waals surface area contributed by atoms with E-state index in [2.05, 4.69) is 10.6 Å². The molecule has 0 saturated heterocycles. The molecule has 2 aromatic carbocycles. The predicted octanol–water partition coefficient (Wildman–Crippen LogP) is 0.798. The molecule has 2 aromatic rings. The van der Waals surface area contributed by atoms with Gasteiger partial charge in [0.1, 0.15) is 6.04 Å². The van der Waals surface area contributed by atoms with Gasteiger partial charge in [-0.3, -0.25) is 38.6 Å². The lowest BCUT2D eigenvalue weighted by molar-refractivity contribution is -0.142. The van der Waals surface area contributed by atoms with Crippen LogP contribution in [0.4, 0.5) is 0 Å². The van der Waals surface area contributed by atoms with Crippen molar-refractivity contribution in [3.8, 4) is 0 Å². The van der Waals surface area contributed by atoms with Crippen molar-refractivity contribution in [1.82, 2.24) is 21.0 Å². The van der Waals surface area contributed by atoms with E-state index >= 15 is 0 Å². The van der Waals surface area contributed by atoms with Crippen LogP contribution in [0, 0.1) is 17.8 Å². The first-order valence-corrected chi connectivity index (χ1v) is 14.9. The fourth-order valence-corrected chi connectivity index (χ4v) is 5.16. The smallest absolute Gasteiger partial charge is 0.266 e. The van der Waals surface area contributed by atoms with E-state index in [-0.39, 0.29) is 29.9 Å². The van der Waals surface area contributed by atoms with Gasteiger partial charge in [-0.25, -0.2) is 5.48 Å². The molecule has 0 aliphatic carbocycles. The second-order valence-corrected chi connectivity index (χ2v) is 12.0. The number of hydrogen-bond donors (Lipinski definition) is 5. The van der Waals surface area contributed by atoms with Gasteiger partial charge in [-0.1, -0.05) is 56.3 Å². The summed E-state index contributed by atoms with van der Waals surface area (Å²) >= 11 is 0. The van der Waals surface area contributed by atoms with Crippen LogP contribution in [0.25, 0.3) is 0 Å². The van der Waals surface area contributed by atoms with Crippen molar-refractivity contribution in [3.05, 3.63) is 71.3 Å². The van der Waals surface area contributed by atoms with Crippen molar-refractivity contribution >= 4 is 39.7 Å². The molecule has 1 heterocycles. The topological polar surface area (TPSA) is 199 Å². The summed E-state index contributed by atoms with van der Waals surface area (Å²) in [6, 6.07) is 13.6. The highest BCUT2D eigenvalue weighted by atomic mass is 32.2. The van der Waals surface area contributed by atoms with E-state index in [1.54, 1.807) is 56.3 Å². The van der Waals surface area contributed by atoms with Crippen molar-refractivity contribution < 1.29 is 42.2 Å². The molecule has 0 radical (unpaired) electrons. The summed E-state index contributed by atoms with van der Waals surface area (Å²) < 4.78 is 31.2. The fourth-order valence-electron chi connectivity index (χ4n) is 4.80. The number of rotatable bonds is 14. The molecule has 1 aliphatic rings. The average Bonchev–Trinajstić information content (AvgIpc) is 3.18. The summed E-state index contributed by atoms with van der Waals surface area (Å²) in [5.74, 6) is -7.23. The van der Waals surface area contributed by atoms with Crippen LogP contribution >= 0.6 is 0 Å². The van der Waals surface area contributed by atoms with E-state index in [4.69, 9.17) is 4.55 Å². The second kappa shape index (κ2) is 14.2. The summed E-state index contributed by atoms with van der Waals surface area (Å²) in [5.41, 5.74) is 2.50. The van der Waals surface area contributed by atoms with Crippen LogP contribution in [0.5, 0.6) is 0 Å². The SMILES string of the molecule is CC(C)C[C@@H](C(=O)N[C@H](Cc1ccccc1)C(=O)NCCS(=O)(=O)O)C(CN1C(=O)c2ccccc2C1=O)C(=O)NO. The number of carbonyl (C=O) groups excluding carboxylic acids is 5. The van der Waals surface area contributed by atoms with Crippen LogP contribution in [0.15, 0.2) is 54.6 Å². The van der Waals surface area contributed by atoms with Crippen LogP contribution in [0.2, 0.25) is 0 Å². The van der Waals surface area contributed by atoms with Crippen LogP contribution in [0.3, 0.4) is 0 Å². The van der Waals surface area contributed by atoms with E-state index in [9.17, 15) is 37.6 Å². The van der Waals surface area contributed by atoms with Gasteiger partial charge in [0.15, 0.2) is 0 Å². The monoisotopic (exact) mass is 602 g/mol. The third-order valence-electron chi connectivity index (χ3n) is 6.83. The number of benzene rings is 2. The van der Waals surface area contributed by atoms with Gasteiger partial charge in [0.2, 0.25) is 17.7 Å². The molecule has 226 valence electrons. The Morgan fingerprint density at radius 1 is 0.857 bits per heavy atom. The van der Waals surface area contributed by atoms with E-state index in [1.165, 1.54) is 17.6 Å². The minimum absolute atomic E-state index is 0.00789. The van der Waals surface area contributed by atoms with Crippen LogP contribution in [-0.4, -0.2) is 77.5 Å². The Morgan fingerprint density at radius 3 is 1.95 bits per heavy atom. The lowest BCUT2D eigenvalue weighted by atomic mass is 9.83. The average molecular weight is 603 g/mol. The Bertz CT molecular complexity index is 1390. The Labute approximate surface area is 243 Å². The molecule has 0 spiro atoms. The molecule has 0 fully saturated rings. The van der Waals surface area contributed by atoms with E-state index in [1.807, 2.05) is 0 Å². The zero-order chi connectivity index (χ0) is 31.0. The molecular formula is C28H34N4O9S. The molecule has 0 bridgehead atoms. The number of nitrogens with zero attached hydrogens (tertiary/aromatic N) is 1. The molecule has 1 unspecified atom stereocenters. The molecule has 5 N–H and O–H groups in total. The Kier molecular flexibility index (Phi) is 10.9. The van der Waals surface area contributed by atoms with Gasteiger partial charge in [0, 0.05) is 19.5 Å². The van der Waals surface area contributed by atoms with Crippen molar-refractivity contribution in [1.29, 1.82) is 0 Å². The lowest BCUT2D eigenvalue weighted by Crippen LogP contribution is -2.53. The molecule has 1 aliphatic heterocycles. The van der Waals surface area contributed by atoms with Crippen LogP contribution in [-0.2, 0) is 30.9 Å². The summed E-state index contributed by atoms with van der Waals surface area (Å²) in [4.78, 5) is 66.6. The number of imide groups is 1. The minimum Gasteiger partial charge on any atom is -0.353 e. The largest absolute Gasteiger partial charge is 0.353 e. The molecule has 42 heavy (non-hydrogen) atoms. The molecule has 0 aromatic heterocycles. The maximum absolute atomic E-state index is 13.8. The third-order valence-corrected chi connectivity index (χ3v) is 7.55. The molecule has 3 atom stereocenters. The van der Waals surface area contributed by atoms with Gasteiger partial charge in [-0.05, 0) is 30.0 Å². The molecule has 0 saturated carbocycles. The summed E-state index contributed by atoms with van der Waals surface area (Å²) in [6.45, 7) is 2.66. The highest BCUT2D eigenvalue weighted by molar-refractivity contribution is 7.85. The van der Waals surface area contributed by atoms with E-state index in [0.717, 1.165) is 4.90 Å². The number of hydrogen-bond acceptors (Lipinski definition) is 8. The normalized spacial score (nSPS) is 15.1. The van der Waals surface area contributed by atoms with E-state index < -0.39 is 76.4 Å². The summed E-state index contributed by atoms with van der Waals surface area (Å²) in [7, 11) is -4.35. The second-order valence-electron chi connectivity index (χ2n) is 10.4. The first kappa shape index (κ1) is 32.4. The first-order valence-electron chi connectivity index (χ1n) is 13.3. The number of fused-ring (bicyclic) bond motifs is 1. The van der Waals surface area contributed by atoms with Crippen LogP contribution in [0.1, 0.15) is 46.5 Å². The van der Waals surface area contributed by atoms with Gasteiger partial charge in [0.25, 0.3) is 21.9 Å². The molecule has 13 nitrogen and oxygen atoms in total. The molecule has 5 amide bonds. The number of carbonyl (C=O) groups is 5. The quantitative estimate of drug-likeness (QED) is 0.0898. The van der Waals surface area contributed by atoms with Crippen molar-refractivity contribution in [2.75, 3.05) is 18.8 Å².